The number of carbonyl (C=O) groups excluding carboxylic acids is 3. The summed E-state index contributed by atoms with van der Waals surface area (Å²) in [4.78, 5) is 37.2. The topological polar surface area (TPSA) is 88.2 Å². The van der Waals surface area contributed by atoms with E-state index in [-0.39, 0.29) is 13.2 Å². The molecule has 0 spiro atoms. The van der Waals surface area contributed by atoms with Crippen molar-refractivity contribution in [3.8, 4) is 0 Å². The van der Waals surface area contributed by atoms with Gasteiger partial charge in [0.1, 0.15) is 18.7 Å². The highest BCUT2D eigenvalue weighted by atomic mass is 16.6. The summed E-state index contributed by atoms with van der Waals surface area (Å²) in [6, 6.07) is -0.813. The van der Waals surface area contributed by atoms with Gasteiger partial charge in [0.2, 0.25) is 0 Å². The predicted octanol–water partition coefficient (Wildman–Crippen LogP) is -0.833. The van der Waals surface area contributed by atoms with Gasteiger partial charge in [0.25, 0.3) is 5.91 Å². The molecular formula is C10H14N3O5. The highest BCUT2D eigenvalue weighted by Crippen LogP contribution is 2.27. The van der Waals surface area contributed by atoms with Gasteiger partial charge in [-0.05, 0) is 0 Å². The van der Waals surface area contributed by atoms with E-state index in [1.807, 2.05) is 0 Å². The lowest BCUT2D eigenvalue weighted by Crippen LogP contribution is -2.45. The largest absolute Gasteiger partial charge is 0.447 e. The van der Waals surface area contributed by atoms with Crippen LogP contribution in [0.1, 0.15) is 0 Å². The summed E-state index contributed by atoms with van der Waals surface area (Å²) >= 11 is 0. The third-order valence-corrected chi connectivity index (χ3v) is 2.93. The Kier molecular flexibility index (Phi) is 3.37. The molecule has 8 heteroatoms. The van der Waals surface area contributed by atoms with Gasteiger partial charge in [0.15, 0.2) is 0 Å². The molecule has 2 aliphatic heterocycles. The number of amides is 4. The Labute approximate surface area is 104 Å². The molecule has 2 rings (SSSR count). The average Bonchev–Trinajstić information content (AvgIpc) is 2.79. The molecule has 0 bridgehead atoms. The Morgan fingerprint density at radius 1 is 1.44 bits per heavy atom. The van der Waals surface area contributed by atoms with Gasteiger partial charge in [0.05, 0.1) is 6.61 Å². The number of hydrogen-bond donors (Lipinski definition) is 1. The minimum Gasteiger partial charge on any atom is -0.447 e. The van der Waals surface area contributed by atoms with Crippen LogP contribution in [0.5, 0.6) is 0 Å². The van der Waals surface area contributed by atoms with Crippen LogP contribution in [0, 0.1) is 6.04 Å². The van der Waals surface area contributed by atoms with E-state index in [4.69, 9.17) is 9.47 Å². The third kappa shape index (κ3) is 1.99. The summed E-state index contributed by atoms with van der Waals surface area (Å²) in [7, 11) is 3.01. The lowest BCUT2D eigenvalue weighted by atomic mass is 10.1. The van der Waals surface area contributed by atoms with Crippen LogP contribution in [-0.4, -0.2) is 67.8 Å². The molecule has 8 nitrogen and oxygen atoms in total. The Hall–Kier alpha value is -1.83. The van der Waals surface area contributed by atoms with Crippen LogP contribution in [0.25, 0.3) is 0 Å². The number of carbonyl (C=O) groups is 3. The molecule has 0 saturated carbocycles. The maximum Gasteiger partial charge on any atom is 0.410 e. The Bertz CT molecular complexity index is 386. The van der Waals surface area contributed by atoms with Crippen molar-refractivity contribution < 1.29 is 23.9 Å². The van der Waals surface area contributed by atoms with Crippen LogP contribution < -0.4 is 5.32 Å². The highest BCUT2D eigenvalue weighted by Gasteiger charge is 2.49. The molecule has 2 saturated heterocycles. The summed E-state index contributed by atoms with van der Waals surface area (Å²) < 4.78 is 9.79. The zero-order valence-electron chi connectivity index (χ0n) is 10.1. The summed E-state index contributed by atoms with van der Waals surface area (Å²) in [6.07, 6.45) is -0.525. The number of likely N-dealkylation sites (N-methyl/N-ethyl adjacent to an activating group) is 1. The van der Waals surface area contributed by atoms with Gasteiger partial charge in [-0.25, -0.2) is 9.59 Å². The fraction of sp³-hybridized carbons (Fsp3) is 0.600. The number of cyclic esters (lactones) is 1. The number of ether oxygens (including phenoxy) is 2. The molecule has 0 aromatic rings. The van der Waals surface area contributed by atoms with E-state index < -0.39 is 24.1 Å². The van der Waals surface area contributed by atoms with Crippen molar-refractivity contribution in [2.45, 2.75) is 6.04 Å². The first-order chi connectivity index (χ1) is 8.56. The van der Waals surface area contributed by atoms with E-state index in [0.717, 1.165) is 0 Å². The molecule has 0 aliphatic carbocycles. The Balaban J connectivity index is 2.13. The molecule has 4 amide bonds. The molecule has 99 valence electrons. The normalized spacial score (nSPS) is 24.8. The summed E-state index contributed by atoms with van der Waals surface area (Å²) in [6.45, 7) is 0.624. The monoisotopic (exact) mass is 256 g/mol. The van der Waals surface area contributed by atoms with Crippen molar-refractivity contribution >= 4 is 18.0 Å². The summed E-state index contributed by atoms with van der Waals surface area (Å²) in [5.41, 5.74) is 0. The van der Waals surface area contributed by atoms with Gasteiger partial charge in [-0.15, -0.1) is 0 Å². The first kappa shape index (κ1) is 12.6. The van der Waals surface area contributed by atoms with Gasteiger partial charge in [-0.3, -0.25) is 15.0 Å². The zero-order valence-corrected chi connectivity index (χ0v) is 10.1. The van der Waals surface area contributed by atoms with Crippen molar-refractivity contribution in [2.75, 3.05) is 33.9 Å². The number of imide groups is 1. The maximum absolute atomic E-state index is 11.7. The van der Waals surface area contributed by atoms with E-state index in [1.54, 1.807) is 0 Å². The molecule has 1 N–H and O–H groups in total. The zero-order chi connectivity index (χ0) is 13.3. The van der Waals surface area contributed by atoms with Crippen molar-refractivity contribution in [2.24, 2.45) is 0 Å². The molecular weight excluding hydrogens is 242 g/mol. The summed E-state index contributed by atoms with van der Waals surface area (Å²) in [5.74, 6) is -0.446. The van der Waals surface area contributed by atoms with Crippen LogP contribution in [0.4, 0.5) is 9.59 Å². The third-order valence-electron chi connectivity index (χ3n) is 2.93. The lowest BCUT2D eigenvalue weighted by Gasteiger charge is -2.26. The van der Waals surface area contributed by atoms with Gasteiger partial charge in [-0.2, -0.15) is 0 Å². The predicted molar refractivity (Wildman–Crippen MR) is 58.3 cm³/mol. The Morgan fingerprint density at radius 3 is 2.72 bits per heavy atom. The standard InChI is InChI=1S/C10H14N3O5/c1-12-7(8(14)11-9(12)15)6-5-18-10(16)13(6)3-4-17-2/h7H,3-5H2,1-2H3,(H,11,14,15). The van der Waals surface area contributed by atoms with E-state index >= 15 is 0 Å². The fourth-order valence-corrected chi connectivity index (χ4v) is 1.98. The first-order valence-electron chi connectivity index (χ1n) is 5.43. The first-order valence-corrected chi connectivity index (χ1v) is 5.43. The molecule has 2 heterocycles. The molecule has 0 aromatic carbocycles. The van der Waals surface area contributed by atoms with Crippen LogP contribution in [0.3, 0.4) is 0 Å². The van der Waals surface area contributed by atoms with E-state index in [2.05, 4.69) is 5.32 Å². The van der Waals surface area contributed by atoms with Gasteiger partial charge >= 0.3 is 12.1 Å². The van der Waals surface area contributed by atoms with Gasteiger partial charge in [0, 0.05) is 20.7 Å². The second-order valence-corrected chi connectivity index (χ2v) is 4.00. The molecule has 1 radical (unpaired) electrons. The minimum atomic E-state index is -0.791. The molecule has 1 unspecified atom stereocenters. The minimum absolute atomic E-state index is 0.0122. The van der Waals surface area contributed by atoms with Crippen LogP contribution >= 0.6 is 0 Å². The molecule has 2 fully saturated rings. The number of urea groups is 1. The fourth-order valence-electron chi connectivity index (χ4n) is 1.98. The lowest BCUT2D eigenvalue weighted by molar-refractivity contribution is -0.121. The van der Waals surface area contributed by atoms with Crippen molar-refractivity contribution in [3.05, 3.63) is 6.04 Å². The van der Waals surface area contributed by atoms with Crippen molar-refractivity contribution in [3.63, 3.8) is 0 Å². The van der Waals surface area contributed by atoms with Crippen LogP contribution in [0.15, 0.2) is 0 Å². The van der Waals surface area contributed by atoms with Crippen molar-refractivity contribution in [1.29, 1.82) is 0 Å². The van der Waals surface area contributed by atoms with Crippen molar-refractivity contribution in [1.82, 2.24) is 15.1 Å². The number of rotatable bonds is 4. The second kappa shape index (κ2) is 4.81. The summed E-state index contributed by atoms with van der Waals surface area (Å²) in [5, 5.41) is 2.19. The van der Waals surface area contributed by atoms with E-state index in [9.17, 15) is 14.4 Å². The molecule has 18 heavy (non-hydrogen) atoms. The number of methoxy groups -OCH3 is 1. The average molecular weight is 256 g/mol. The molecule has 2 aliphatic rings. The second-order valence-electron chi connectivity index (χ2n) is 4.00. The molecule has 0 aromatic heterocycles. The number of hydrogen-bond acceptors (Lipinski definition) is 5. The Morgan fingerprint density at radius 2 is 2.17 bits per heavy atom. The number of nitrogens with one attached hydrogen (secondary N) is 1. The van der Waals surface area contributed by atoms with Crippen LogP contribution in [-0.2, 0) is 14.3 Å². The SMILES string of the molecule is COCCN1[C](C2C(=O)NC(=O)N2C)COC1=O. The number of nitrogens with zero attached hydrogens (tertiary/aromatic N) is 2. The quantitative estimate of drug-likeness (QED) is 0.663. The smallest absolute Gasteiger partial charge is 0.410 e. The van der Waals surface area contributed by atoms with Crippen LogP contribution in [0.2, 0.25) is 0 Å². The van der Waals surface area contributed by atoms with Gasteiger partial charge in [-0.1, -0.05) is 0 Å². The van der Waals surface area contributed by atoms with Gasteiger partial charge < -0.3 is 14.4 Å². The van der Waals surface area contributed by atoms with E-state index in [1.165, 1.54) is 24.0 Å². The highest BCUT2D eigenvalue weighted by molar-refractivity contribution is 6.05. The van der Waals surface area contributed by atoms with E-state index in [0.29, 0.717) is 12.6 Å². The maximum atomic E-state index is 11.7. The molecule has 1 atom stereocenters.